The molecule has 1 heteroatoms. The molecule has 5 rings (SSSR count). The molecule has 0 N–H and O–H groups in total. The minimum absolute atomic E-state index is 0.653. The van der Waals surface area contributed by atoms with Gasteiger partial charge in [-0.1, -0.05) is 89.0 Å². The zero-order valence-corrected chi connectivity index (χ0v) is 26.5. The van der Waals surface area contributed by atoms with Crippen molar-refractivity contribution in [3.8, 4) is 33.4 Å². The summed E-state index contributed by atoms with van der Waals surface area (Å²) in [7, 11) is 4.67. The second-order valence-electron chi connectivity index (χ2n) is 12.6. The number of quaternary nitrogens is 1. The molecule has 0 unspecified atom stereocenters. The van der Waals surface area contributed by atoms with Gasteiger partial charge in [-0.15, -0.1) is 0 Å². The van der Waals surface area contributed by atoms with E-state index in [2.05, 4.69) is 154 Å². The van der Waals surface area contributed by atoms with Crippen molar-refractivity contribution >= 4 is 11.4 Å². The van der Waals surface area contributed by atoms with E-state index in [0.717, 1.165) is 0 Å². The highest BCUT2D eigenvalue weighted by Gasteiger charge is 2.32. The molecule has 0 radical (unpaired) electrons. The van der Waals surface area contributed by atoms with Crippen molar-refractivity contribution in [2.24, 2.45) is 0 Å². The highest BCUT2D eigenvalue weighted by molar-refractivity contribution is 6.02. The van der Waals surface area contributed by atoms with Crippen LogP contribution in [-0.2, 0) is 0 Å². The second-order valence-corrected chi connectivity index (χ2v) is 12.6. The first-order valence-electron chi connectivity index (χ1n) is 14.7. The normalized spacial score (nSPS) is 11.7. The number of hydrogen-bond acceptors (Lipinski definition) is 0. The molecule has 0 bridgehead atoms. The van der Waals surface area contributed by atoms with Gasteiger partial charge in [-0.05, 0) is 100 Å². The summed E-state index contributed by atoms with van der Waals surface area (Å²) in [5.74, 6) is 0. The smallest absolute Gasteiger partial charge is 0.146 e. The summed E-state index contributed by atoms with van der Waals surface area (Å²) in [6.45, 7) is 17.7. The minimum Gasteiger partial charge on any atom is -0.263 e. The van der Waals surface area contributed by atoms with E-state index in [4.69, 9.17) is 0 Å². The maximum atomic E-state index is 2.38. The Labute approximate surface area is 247 Å². The third-order valence-corrected chi connectivity index (χ3v) is 8.71. The van der Waals surface area contributed by atoms with E-state index in [9.17, 15) is 0 Å². The number of aryl methyl sites for hydroxylation is 8. The molecule has 0 spiro atoms. The van der Waals surface area contributed by atoms with E-state index in [1.54, 1.807) is 0 Å². The third-order valence-electron chi connectivity index (χ3n) is 8.71. The average Bonchev–Trinajstić information content (AvgIpc) is 2.88. The summed E-state index contributed by atoms with van der Waals surface area (Å²) < 4.78 is 0.653. The monoisotopic (exact) mass is 538 g/mol. The Morgan fingerprint density at radius 3 is 1.17 bits per heavy atom. The lowest BCUT2D eigenvalue weighted by Gasteiger charge is -2.34. The van der Waals surface area contributed by atoms with Crippen LogP contribution in [-0.4, -0.2) is 14.1 Å². The predicted octanol–water partition coefficient (Wildman–Crippen LogP) is 11.1. The fraction of sp³-hybridized carbons (Fsp3) is 0.250. The van der Waals surface area contributed by atoms with Crippen molar-refractivity contribution in [3.05, 3.63) is 129 Å². The fourth-order valence-corrected chi connectivity index (χ4v) is 6.70. The summed E-state index contributed by atoms with van der Waals surface area (Å²) >= 11 is 0. The van der Waals surface area contributed by atoms with Crippen LogP contribution in [0.1, 0.15) is 44.5 Å². The molecular weight excluding hydrogens is 494 g/mol. The van der Waals surface area contributed by atoms with Crippen LogP contribution in [0.2, 0.25) is 0 Å². The van der Waals surface area contributed by atoms with Crippen LogP contribution < -0.4 is 4.48 Å². The zero-order valence-electron chi connectivity index (χ0n) is 26.5. The Kier molecular flexibility index (Phi) is 7.53. The summed E-state index contributed by atoms with van der Waals surface area (Å²) in [5.41, 5.74) is 20.8. The van der Waals surface area contributed by atoms with Gasteiger partial charge in [0.05, 0.1) is 19.7 Å². The lowest BCUT2D eigenvalue weighted by Crippen LogP contribution is -2.35. The van der Waals surface area contributed by atoms with Crippen molar-refractivity contribution in [3.63, 3.8) is 0 Å². The van der Waals surface area contributed by atoms with Crippen molar-refractivity contribution in [2.75, 3.05) is 14.1 Å². The molecule has 0 aliphatic heterocycles. The van der Waals surface area contributed by atoms with Crippen molar-refractivity contribution in [2.45, 2.75) is 55.4 Å². The van der Waals surface area contributed by atoms with E-state index >= 15 is 0 Å². The van der Waals surface area contributed by atoms with Gasteiger partial charge in [0.15, 0.2) is 0 Å². The minimum atomic E-state index is 0.653. The molecule has 0 saturated carbocycles. The maximum absolute atomic E-state index is 2.38. The summed E-state index contributed by atoms with van der Waals surface area (Å²) in [6, 6.07) is 32.3. The fourth-order valence-electron chi connectivity index (χ4n) is 6.70. The molecule has 5 aromatic carbocycles. The Balaban J connectivity index is 1.98. The molecule has 208 valence electrons. The van der Waals surface area contributed by atoms with Crippen LogP contribution in [0.5, 0.6) is 0 Å². The van der Waals surface area contributed by atoms with E-state index in [-0.39, 0.29) is 0 Å². The van der Waals surface area contributed by atoms with Crippen LogP contribution >= 0.6 is 0 Å². The van der Waals surface area contributed by atoms with Gasteiger partial charge in [0.1, 0.15) is 11.4 Å². The van der Waals surface area contributed by atoms with Crippen LogP contribution in [0.4, 0.5) is 11.4 Å². The lowest BCUT2D eigenvalue weighted by molar-refractivity contribution is 0.553. The molecule has 0 heterocycles. The van der Waals surface area contributed by atoms with E-state index in [0.29, 0.717) is 4.48 Å². The molecule has 41 heavy (non-hydrogen) atoms. The van der Waals surface area contributed by atoms with Gasteiger partial charge in [-0.3, -0.25) is 4.48 Å². The zero-order chi connectivity index (χ0) is 29.6. The van der Waals surface area contributed by atoms with Gasteiger partial charge in [-0.25, -0.2) is 0 Å². The molecule has 1 nitrogen and oxygen atoms in total. The second kappa shape index (κ2) is 10.8. The summed E-state index contributed by atoms with van der Waals surface area (Å²) in [6.07, 6.45) is 0. The highest BCUT2D eigenvalue weighted by Crippen LogP contribution is 2.50. The Morgan fingerprint density at radius 2 is 0.707 bits per heavy atom. The SMILES string of the molecule is Cc1ccc(-c2ccc([N+](C)(C)c3ccc(C)cc3C)c(-c3ccc(C)cc3C)c2-c2ccc(C)cc2C)c(C)c1. The average molecular weight is 539 g/mol. The number of rotatable bonds is 5. The third kappa shape index (κ3) is 5.27. The number of benzene rings is 5. The van der Waals surface area contributed by atoms with Crippen LogP contribution in [0, 0.1) is 55.4 Å². The van der Waals surface area contributed by atoms with E-state index in [1.807, 2.05) is 0 Å². The largest absolute Gasteiger partial charge is 0.263 e. The quantitative estimate of drug-likeness (QED) is 0.195. The van der Waals surface area contributed by atoms with E-state index in [1.165, 1.54) is 89.3 Å². The van der Waals surface area contributed by atoms with Gasteiger partial charge < -0.3 is 0 Å². The number of nitrogens with zero attached hydrogens (tertiary/aromatic N) is 1. The highest BCUT2D eigenvalue weighted by atomic mass is 15.3. The van der Waals surface area contributed by atoms with Crippen LogP contribution in [0.25, 0.3) is 33.4 Å². The van der Waals surface area contributed by atoms with Crippen molar-refractivity contribution in [1.29, 1.82) is 0 Å². The maximum Gasteiger partial charge on any atom is 0.146 e. The predicted molar refractivity (Wildman–Crippen MR) is 180 cm³/mol. The molecule has 0 aromatic heterocycles. The van der Waals surface area contributed by atoms with Crippen molar-refractivity contribution in [1.82, 2.24) is 4.48 Å². The molecule has 0 fully saturated rings. The van der Waals surface area contributed by atoms with Gasteiger partial charge in [0.2, 0.25) is 0 Å². The van der Waals surface area contributed by atoms with Crippen LogP contribution in [0.15, 0.2) is 84.9 Å². The standard InChI is InChI=1S/C40H44N/c1-25-11-15-33(29(5)21-25)36-18-20-38(41(9,10)37-19-14-28(4)24-32(37)8)40(35-17-13-27(3)23-31(35)7)39(36)34-16-12-26(2)22-30(34)6/h11-24H,1-10H3/q+1. The first kappa shape index (κ1) is 28.6. The first-order chi connectivity index (χ1) is 19.4. The van der Waals surface area contributed by atoms with Crippen molar-refractivity contribution < 1.29 is 0 Å². The molecule has 0 saturated heterocycles. The topological polar surface area (TPSA) is 0 Å². The molecule has 0 amide bonds. The van der Waals surface area contributed by atoms with Gasteiger partial charge in [0.25, 0.3) is 0 Å². The Morgan fingerprint density at radius 1 is 0.341 bits per heavy atom. The first-order valence-corrected chi connectivity index (χ1v) is 14.7. The molecule has 0 aliphatic carbocycles. The summed E-state index contributed by atoms with van der Waals surface area (Å²) in [4.78, 5) is 0. The van der Waals surface area contributed by atoms with Gasteiger partial charge >= 0.3 is 0 Å². The van der Waals surface area contributed by atoms with Gasteiger partial charge in [0, 0.05) is 23.3 Å². The lowest BCUT2D eigenvalue weighted by atomic mass is 9.81. The molecular formula is C40H44N+. The number of hydrogen-bond donors (Lipinski definition) is 0. The van der Waals surface area contributed by atoms with E-state index < -0.39 is 0 Å². The summed E-state index contributed by atoms with van der Waals surface area (Å²) in [5, 5.41) is 0. The van der Waals surface area contributed by atoms with Gasteiger partial charge in [-0.2, -0.15) is 0 Å². The Bertz CT molecular complexity index is 1780. The molecule has 0 atom stereocenters. The molecule has 5 aromatic rings. The molecule has 0 aliphatic rings. The van der Waals surface area contributed by atoms with Crippen LogP contribution in [0.3, 0.4) is 0 Å². The Hall–Kier alpha value is -3.94.